The van der Waals surface area contributed by atoms with Crippen LogP contribution in [0.5, 0.6) is 0 Å². The minimum atomic E-state index is -4.03. The molecule has 1 aliphatic rings. The van der Waals surface area contributed by atoms with E-state index in [9.17, 15) is 13.2 Å². The van der Waals surface area contributed by atoms with Crippen molar-refractivity contribution in [2.24, 2.45) is 0 Å². The Hall–Kier alpha value is -0.290. The molecule has 0 bridgehead atoms. The van der Waals surface area contributed by atoms with Gasteiger partial charge in [0, 0.05) is 18.0 Å². The lowest BCUT2D eigenvalue weighted by molar-refractivity contribution is -0.136. The highest BCUT2D eigenvalue weighted by Gasteiger charge is 2.42. The molecular weight excluding hydrogens is 265 g/mol. The third-order valence-corrected chi connectivity index (χ3v) is 4.60. The molecule has 1 rings (SSSR count). The van der Waals surface area contributed by atoms with Crippen molar-refractivity contribution in [2.75, 3.05) is 20.6 Å². The molecule has 0 aromatic rings. The van der Waals surface area contributed by atoms with E-state index in [0.29, 0.717) is 6.42 Å². The summed E-state index contributed by atoms with van der Waals surface area (Å²) in [7, 11) is 4.13. The number of nitrogens with one attached hydrogen (secondary N) is 1. The van der Waals surface area contributed by atoms with Gasteiger partial charge in [0.1, 0.15) is 0 Å². The van der Waals surface area contributed by atoms with E-state index >= 15 is 0 Å². The zero-order valence-electron chi connectivity index (χ0n) is 13.0. The predicted octanol–water partition coefficient (Wildman–Crippen LogP) is 3.96. The molecule has 0 radical (unpaired) electrons. The van der Waals surface area contributed by atoms with Gasteiger partial charge in [-0.3, -0.25) is 0 Å². The molecule has 0 amide bonds. The van der Waals surface area contributed by atoms with Crippen LogP contribution in [0.1, 0.15) is 58.3 Å². The molecule has 1 saturated carbocycles. The van der Waals surface area contributed by atoms with E-state index in [4.69, 9.17) is 0 Å². The molecule has 2 nitrogen and oxygen atoms in total. The second-order valence-electron chi connectivity index (χ2n) is 6.22. The van der Waals surface area contributed by atoms with Crippen molar-refractivity contribution in [3.05, 3.63) is 0 Å². The summed E-state index contributed by atoms with van der Waals surface area (Å²) in [6, 6.07) is 0.169. The highest BCUT2D eigenvalue weighted by molar-refractivity contribution is 5.01. The minimum absolute atomic E-state index is 0.0424. The molecule has 0 heterocycles. The molecule has 0 aromatic carbocycles. The lowest BCUT2D eigenvalue weighted by Gasteiger charge is -2.44. The maximum absolute atomic E-state index is 12.4. The van der Waals surface area contributed by atoms with Gasteiger partial charge in [0.25, 0.3) is 0 Å². The molecule has 1 N–H and O–H groups in total. The molecular formula is C15H29F3N2. The van der Waals surface area contributed by atoms with Crippen molar-refractivity contribution in [3.8, 4) is 0 Å². The summed E-state index contributed by atoms with van der Waals surface area (Å²) in [5.41, 5.74) is 0.0424. The van der Waals surface area contributed by atoms with Crippen molar-refractivity contribution >= 4 is 0 Å². The van der Waals surface area contributed by atoms with Crippen LogP contribution in [0.25, 0.3) is 0 Å². The van der Waals surface area contributed by atoms with Crippen molar-refractivity contribution in [3.63, 3.8) is 0 Å². The Morgan fingerprint density at radius 1 is 1.20 bits per heavy atom. The summed E-state index contributed by atoms with van der Waals surface area (Å²) in [4.78, 5) is 2.24. The quantitative estimate of drug-likeness (QED) is 0.729. The van der Waals surface area contributed by atoms with Crippen LogP contribution in [0.3, 0.4) is 0 Å². The van der Waals surface area contributed by atoms with Crippen LogP contribution in [0.2, 0.25) is 0 Å². The molecule has 1 aliphatic carbocycles. The van der Waals surface area contributed by atoms with E-state index in [1.165, 1.54) is 12.8 Å². The first kappa shape index (κ1) is 17.8. The number of likely N-dealkylation sites (N-methyl/N-ethyl adjacent to an activating group) is 1. The van der Waals surface area contributed by atoms with Gasteiger partial charge in [0.05, 0.1) is 0 Å². The third kappa shape index (κ3) is 4.92. The van der Waals surface area contributed by atoms with Gasteiger partial charge in [0.15, 0.2) is 0 Å². The number of alkyl halides is 3. The number of halogens is 3. The highest BCUT2D eigenvalue weighted by atomic mass is 19.4. The maximum atomic E-state index is 12.4. The van der Waals surface area contributed by atoms with Crippen molar-refractivity contribution in [1.82, 2.24) is 10.2 Å². The molecule has 0 aliphatic heterocycles. The van der Waals surface area contributed by atoms with Crippen LogP contribution in [-0.2, 0) is 0 Å². The van der Waals surface area contributed by atoms with Crippen LogP contribution >= 0.6 is 0 Å². The van der Waals surface area contributed by atoms with E-state index in [1.54, 1.807) is 0 Å². The summed E-state index contributed by atoms with van der Waals surface area (Å²) in [5.74, 6) is 0. The van der Waals surface area contributed by atoms with Crippen LogP contribution < -0.4 is 5.32 Å². The van der Waals surface area contributed by atoms with Gasteiger partial charge in [-0.25, -0.2) is 0 Å². The largest absolute Gasteiger partial charge is 0.389 e. The van der Waals surface area contributed by atoms with Crippen molar-refractivity contribution in [2.45, 2.75) is 76.0 Å². The van der Waals surface area contributed by atoms with Crippen LogP contribution in [0.15, 0.2) is 0 Å². The highest BCUT2D eigenvalue weighted by Crippen LogP contribution is 2.38. The molecule has 0 aromatic heterocycles. The van der Waals surface area contributed by atoms with Crippen molar-refractivity contribution < 1.29 is 13.2 Å². The summed E-state index contributed by atoms with van der Waals surface area (Å²) in [6.45, 7) is 2.98. The standard InChI is InChI=1S/C15H29F3N2/c1-4-12-19-13(8-7-11-15(16,17)18)14(20(2)3)9-5-6-10-14/h13,19H,4-12H2,1-3H3. The molecule has 0 saturated heterocycles. The van der Waals surface area contributed by atoms with Gasteiger partial charge in [0.2, 0.25) is 0 Å². The Bertz CT molecular complexity index is 271. The monoisotopic (exact) mass is 294 g/mol. The van der Waals surface area contributed by atoms with Crippen LogP contribution in [0.4, 0.5) is 13.2 Å². The summed E-state index contributed by atoms with van der Waals surface area (Å²) in [5, 5.41) is 3.51. The Balaban J connectivity index is 2.66. The zero-order chi connectivity index (χ0) is 15.2. The molecule has 1 unspecified atom stereocenters. The molecule has 20 heavy (non-hydrogen) atoms. The summed E-state index contributed by atoms with van der Waals surface area (Å²) >= 11 is 0. The average Bonchev–Trinajstić information content (AvgIpc) is 2.82. The van der Waals surface area contributed by atoms with E-state index in [-0.39, 0.29) is 18.0 Å². The average molecular weight is 294 g/mol. The molecule has 0 spiro atoms. The number of hydrogen-bond acceptors (Lipinski definition) is 2. The number of nitrogens with zero attached hydrogens (tertiary/aromatic N) is 1. The summed E-state index contributed by atoms with van der Waals surface area (Å²) in [6.07, 6.45) is 1.69. The van der Waals surface area contributed by atoms with E-state index in [1.807, 2.05) is 0 Å². The van der Waals surface area contributed by atoms with Gasteiger partial charge >= 0.3 is 6.18 Å². The van der Waals surface area contributed by atoms with Gasteiger partial charge in [-0.05, 0) is 52.7 Å². The second kappa shape index (κ2) is 7.64. The normalized spacial score (nSPS) is 20.6. The number of rotatable bonds is 8. The van der Waals surface area contributed by atoms with Gasteiger partial charge in [-0.2, -0.15) is 13.2 Å². The first-order chi connectivity index (χ1) is 9.32. The molecule has 120 valence electrons. The zero-order valence-corrected chi connectivity index (χ0v) is 13.0. The molecule has 5 heteroatoms. The summed E-state index contributed by atoms with van der Waals surface area (Å²) < 4.78 is 37.1. The van der Waals surface area contributed by atoms with Gasteiger partial charge < -0.3 is 10.2 Å². The fraction of sp³-hybridized carbons (Fsp3) is 1.00. The smallest absolute Gasteiger partial charge is 0.312 e. The Labute approximate surface area is 121 Å². The van der Waals surface area contributed by atoms with E-state index in [0.717, 1.165) is 25.8 Å². The Morgan fingerprint density at radius 3 is 2.25 bits per heavy atom. The predicted molar refractivity (Wildman–Crippen MR) is 76.9 cm³/mol. The van der Waals surface area contributed by atoms with Crippen LogP contribution in [0, 0.1) is 0 Å². The maximum Gasteiger partial charge on any atom is 0.389 e. The lowest BCUT2D eigenvalue weighted by Crippen LogP contribution is -2.57. The topological polar surface area (TPSA) is 15.3 Å². The fourth-order valence-corrected chi connectivity index (χ4v) is 3.48. The molecule has 1 fully saturated rings. The van der Waals surface area contributed by atoms with Crippen LogP contribution in [-0.4, -0.2) is 43.3 Å². The van der Waals surface area contributed by atoms with E-state index < -0.39 is 12.6 Å². The first-order valence-electron chi connectivity index (χ1n) is 7.79. The van der Waals surface area contributed by atoms with Crippen molar-refractivity contribution in [1.29, 1.82) is 0 Å². The minimum Gasteiger partial charge on any atom is -0.312 e. The lowest BCUT2D eigenvalue weighted by atomic mass is 9.83. The second-order valence-corrected chi connectivity index (χ2v) is 6.22. The number of hydrogen-bond donors (Lipinski definition) is 1. The Morgan fingerprint density at radius 2 is 1.80 bits per heavy atom. The van der Waals surface area contributed by atoms with Gasteiger partial charge in [-0.1, -0.05) is 19.8 Å². The molecule has 1 atom stereocenters. The fourth-order valence-electron chi connectivity index (χ4n) is 3.48. The van der Waals surface area contributed by atoms with Gasteiger partial charge in [-0.15, -0.1) is 0 Å². The first-order valence-corrected chi connectivity index (χ1v) is 7.79. The SMILES string of the molecule is CCCNC(CCCC(F)(F)F)C1(N(C)C)CCCC1. The Kier molecular flexibility index (Phi) is 6.79. The third-order valence-electron chi connectivity index (χ3n) is 4.60. The van der Waals surface area contributed by atoms with E-state index in [2.05, 4.69) is 31.2 Å².